The van der Waals surface area contributed by atoms with Crippen LogP contribution in [0.5, 0.6) is 0 Å². The second-order valence-corrected chi connectivity index (χ2v) is 5.52. The maximum atomic E-state index is 11.9. The molecular weight excluding hydrogens is 276 g/mol. The van der Waals surface area contributed by atoms with Gasteiger partial charge in [-0.15, -0.1) is 0 Å². The Bertz CT molecular complexity index is 572. The van der Waals surface area contributed by atoms with E-state index in [1.54, 1.807) is 13.8 Å². The van der Waals surface area contributed by atoms with Crippen LogP contribution in [0.2, 0.25) is 0 Å². The maximum absolute atomic E-state index is 11.9. The van der Waals surface area contributed by atoms with Gasteiger partial charge in [-0.2, -0.15) is 0 Å². The minimum atomic E-state index is -1.33. The molecule has 116 valence electrons. The van der Waals surface area contributed by atoms with Gasteiger partial charge in [0.15, 0.2) is 0 Å². The molecule has 2 rings (SSSR count). The molecule has 0 aliphatic rings. The molecule has 4 N–H and O–H groups in total. The van der Waals surface area contributed by atoms with Crippen molar-refractivity contribution in [1.82, 2.24) is 5.32 Å². The number of carbonyl (C=O) groups excluding carboxylic acids is 1. The van der Waals surface area contributed by atoms with Crippen molar-refractivity contribution in [2.24, 2.45) is 5.73 Å². The fourth-order valence-corrected chi connectivity index (χ4v) is 2.50. The third-order valence-corrected chi connectivity index (χ3v) is 3.83. The van der Waals surface area contributed by atoms with Crippen LogP contribution < -0.4 is 11.1 Å². The van der Waals surface area contributed by atoms with Crippen LogP contribution in [-0.2, 0) is 10.4 Å². The van der Waals surface area contributed by atoms with Crippen molar-refractivity contribution >= 4 is 5.91 Å². The Morgan fingerprint density at radius 1 is 1.00 bits per heavy atom. The molecule has 0 saturated carbocycles. The van der Waals surface area contributed by atoms with Gasteiger partial charge in [0.25, 0.3) is 0 Å². The second kappa shape index (κ2) is 6.73. The summed E-state index contributed by atoms with van der Waals surface area (Å²) in [4.78, 5) is 11.9. The molecule has 0 bridgehead atoms. The standard InChI is InChI=1S/C18H22N2O2/c1-13(19)17(21)20-14(2)18(22,15-9-5-3-6-10-15)16-11-7-4-8-12-16/h3-14,22H,19H2,1-2H3,(H,20,21)/t13-,14+/m0/s1. The summed E-state index contributed by atoms with van der Waals surface area (Å²) in [6.07, 6.45) is 0. The van der Waals surface area contributed by atoms with E-state index in [4.69, 9.17) is 5.73 Å². The molecule has 2 aromatic carbocycles. The molecular formula is C18H22N2O2. The Kier molecular flexibility index (Phi) is 4.96. The zero-order valence-electron chi connectivity index (χ0n) is 12.9. The van der Waals surface area contributed by atoms with Gasteiger partial charge >= 0.3 is 0 Å². The lowest BCUT2D eigenvalue weighted by Gasteiger charge is -2.36. The molecule has 4 nitrogen and oxygen atoms in total. The number of nitrogens with one attached hydrogen (secondary N) is 1. The number of hydrogen-bond donors (Lipinski definition) is 3. The van der Waals surface area contributed by atoms with Crippen molar-refractivity contribution in [2.75, 3.05) is 0 Å². The van der Waals surface area contributed by atoms with E-state index in [2.05, 4.69) is 5.32 Å². The molecule has 0 spiro atoms. The Hall–Kier alpha value is -2.17. The van der Waals surface area contributed by atoms with Gasteiger partial charge in [0.1, 0.15) is 5.60 Å². The molecule has 0 saturated heterocycles. The minimum Gasteiger partial charge on any atom is -0.378 e. The fraction of sp³-hybridized carbons (Fsp3) is 0.278. The van der Waals surface area contributed by atoms with Gasteiger partial charge in [-0.25, -0.2) is 0 Å². The molecule has 0 aliphatic carbocycles. The summed E-state index contributed by atoms with van der Waals surface area (Å²) in [5, 5.41) is 14.2. The lowest BCUT2D eigenvalue weighted by Crippen LogP contribution is -2.53. The van der Waals surface area contributed by atoms with Gasteiger partial charge in [-0.05, 0) is 25.0 Å². The predicted molar refractivity (Wildman–Crippen MR) is 87.1 cm³/mol. The molecule has 1 amide bonds. The normalized spacial score (nSPS) is 14.2. The number of aliphatic hydroxyl groups is 1. The monoisotopic (exact) mass is 298 g/mol. The van der Waals surface area contributed by atoms with E-state index in [0.29, 0.717) is 0 Å². The number of amides is 1. The van der Waals surface area contributed by atoms with Gasteiger partial charge < -0.3 is 16.2 Å². The SMILES string of the molecule is C[C@H](N)C(=O)N[C@H](C)C(O)(c1ccccc1)c1ccccc1. The quantitative estimate of drug-likeness (QED) is 0.787. The molecule has 0 fully saturated rings. The molecule has 22 heavy (non-hydrogen) atoms. The lowest BCUT2D eigenvalue weighted by molar-refractivity contribution is -0.124. The zero-order valence-corrected chi connectivity index (χ0v) is 12.9. The van der Waals surface area contributed by atoms with E-state index in [9.17, 15) is 9.90 Å². The van der Waals surface area contributed by atoms with Gasteiger partial charge in [-0.3, -0.25) is 4.79 Å². The van der Waals surface area contributed by atoms with Crippen LogP contribution in [0.4, 0.5) is 0 Å². The van der Waals surface area contributed by atoms with Crippen molar-refractivity contribution in [1.29, 1.82) is 0 Å². The predicted octanol–water partition coefficient (Wildman–Crippen LogP) is 1.77. The molecule has 0 aliphatic heterocycles. The van der Waals surface area contributed by atoms with E-state index < -0.39 is 17.7 Å². The summed E-state index contributed by atoms with van der Waals surface area (Å²) < 4.78 is 0. The van der Waals surface area contributed by atoms with Crippen molar-refractivity contribution in [3.05, 3.63) is 71.8 Å². The highest BCUT2D eigenvalue weighted by molar-refractivity contribution is 5.81. The summed E-state index contributed by atoms with van der Waals surface area (Å²) in [6, 6.07) is 17.5. The number of carbonyl (C=O) groups is 1. The summed E-state index contributed by atoms with van der Waals surface area (Å²) >= 11 is 0. The minimum absolute atomic E-state index is 0.294. The Labute approximate surface area is 131 Å². The number of hydrogen-bond acceptors (Lipinski definition) is 3. The van der Waals surface area contributed by atoms with Gasteiger partial charge in [0, 0.05) is 0 Å². The van der Waals surface area contributed by atoms with Gasteiger partial charge in [0.2, 0.25) is 5.91 Å². The molecule has 0 heterocycles. The van der Waals surface area contributed by atoms with E-state index in [-0.39, 0.29) is 5.91 Å². The Morgan fingerprint density at radius 3 is 1.77 bits per heavy atom. The summed E-state index contributed by atoms with van der Waals surface area (Å²) in [5.74, 6) is -0.294. The first-order valence-corrected chi connectivity index (χ1v) is 7.35. The van der Waals surface area contributed by atoms with Crippen LogP contribution in [-0.4, -0.2) is 23.1 Å². The van der Waals surface area contributed by atoms with E-state index in [1.807, 2.05) is 60.7 Å². The first-order valence-electron chi connectivity index (χ1n) is 7.35. The van der Waals surface area contributed by atoms with Crippen LogP contribution in [0.3, 0.4) is 0 Å². The molecule has 2 aromatic rings. The Morgan fingerprint density at radius 2 is 1.41 bits per heavy atom. The van der Waals surface area contributed by atoms with Crippen LogP contribution in [0.25, 0.3) is 0 Å². The molecule has 2 atom stereocenters. The lowest BCUT2D eigenvalue weighted by atomic mass is 9.80. The highest BCUT2D eigenvalue weighted by Gasteiger charge is 2.38. The third-order valence-electron chi connectivity index (χ3n) is 3.83. The summed E-state index contributed by atoms with van der Waals surface area (Å²) in [5.41, 5.74) is 5.73. The van der Waals surface area contributed by atoms with Crippen LogP contribution >= 0.6 is 0 Å². The largest absolute Gasteiger partial charge is 0.378 e. The smallest absolute Gasteiger partial charge is 0.236 e. The first-order chi connectivity index (χ1) is 10.5. The second-order valence-electron chi connectivity index (χ2n) is 5.52. The van der Waals surface area contributed by atoms with E-state index in [0.717, 1.165) is 11.1 Å². The average Bonchev–Trinajstić information content (AvgIpc) is 2.55. The number of benzene rings is 2. The zero-order chi connectivity index (χ0) is 16.2. The highest BCUT2D eigenvalue weighted by atomic mass is 16.3. The van der Waals surface area contributed by atoms with Crippen molar-refractivity contribution in [2.45, 2.75) is 31.5 Å². The molecule has 0 aromatic heterocycles. The van der Waals surface area contributed by atoms with Crippen molar-refractivity contribution < 1.29 is 9.90 Å². The third kappa shape index (κ3) is 3.18. The summed E-state index contributed by atoms with van der Waals surface area (Å²) in [7, 11) is 0. The molecule has 0 radical (unpaired) electrons. The Balaban J connectivity index is 2.45. The van der Waals surface area contributed by atoms with Crippen LogP contribution in [0, 0.1) is 0 Å². The van der Waals surface area contributed by atoms with Crippen molar-refractivity contribution in [3.8, 4) is 0 Å². The summed E-state index contributed by atoms with van der Waals surface area (Å²) in [6.45, 7) is 3.40. The van der Waals surface area contributed by atoms with E-state index in [1.165, 1.54) is 0 Å². The van der Waals surface area contributed by atoms with Crippen LogP contribution in [0.1, 0.15) is 25.0 Å². The molecule has 0 unspecified atom stereocenters. The first kappa shape index (κ1) is 16.2. The number of rotatable bonds is 5. The number of nitrogens with two attached hydrogens (primary N) is 1. The van der Waals surface area contributed by atoms with Crippen molar-refractivity contribution in [3.63, 3.8) is 0 Å². The van der Waals surface area contributed by atoms with Gasteiger partial charge in [0.05, 0.1) is 12.1 Å². The molecule has 4 heteroatoms. The van der Waals surface area contributed by atoms with E-state index >= 15 is 0 Å². The van der Waals surface area contributed by atoms with Crippen LogP contribution in [0.15, 0.2) is 60.7 Å². The fourth-order valence-electron chi connectivity index (χ4n) is 2.50. The van der Waals surface area contributed by atoms with Gasteiger partial charge in [-0.1, -0.05) is 60.7 Å². The highest BCUT2D eigenvalue weighted by Crippen LogP contribution is 2.32. The maximum Gasteiger partial charge on any atom is 0.236 e. The average molecular weight is 298 g/mol. The topological polar surface area (TPSA) is 75.4 Å².